The number of hydrogen-bond acceptors (Lipinski definition) is 4. The highest BCUT2D eigenvalue weighted by molar-refractivity contribution is 4.95. The van der Waals surface area contributed by atoms with Crippen molar-refractivity contribution in [3.05, 3.63) is 0 Å². The van der Waals surface area contributed by atoms with Crippen molar-refractivity contribution >= 4 is 0 Å². The second-order valence-electron chi connectivity index (χ2n) is 13.6. The molecule has 0 aromatic carbocycles. The van der Waals surface area contributed by atoms with Crippen LogP contribution in [0.4, 0.5) is 0 Å². The molecular formula is C28H50O4. The molecule has 0 aromatic heterocycles. The summed E-state index contributed by atoms with van der Waals surface area (Å²) in [7, 11) is 0. The fourth-order valence-corrected chi connectivity index (χ4v) is 6.90. The second kappa shape index (κ2) is 9.47. The van der Waals surface area contributed by atoms with Gasteiger partial charge in [-0.05, 0) is 86.9 Å². The largest absolute Gasteiger partial charge is 0.350 e. The van der Waals surface area contributed by atoms with Gasteiger partial charge in [0.1, 0.15) is 0 Å². The third kappa shape index (κ3) is 5.90. The summed E-state index contributed by atoms with van der Waals surface area (Å²) in [5.74, 6) is 1.65. The van der Waals surface area contributed by atoms with Crippen LogP contribution in [0.15, 0.2) is 0 Å². The smallest absolute Gasteiger partial charge is 0.158 e. The summed E-state index contributed by atoms with van der Waals surface area (Å²) in [5, 5.41) is 0. The maximum absolute atomic E-state index is 6.44. The maximum Gasteiger partial charge on any atom is 0.158 e. The van der Waals surface area contributed by atoms with Gasteiger partial charge in [0.05, 0.1) is 24.4 Å². The maximum atomic E-state index is 6.44. The van der Waals surface area contributed by atoms with Gasteiger partial charge in [0.15, 0.2) is 12.6 Å². The highest BCUT2D eigenvalue weighted by atomic mass is 16.7. The van der Waals surface area contributed by atoms with Crippen molar-refractivity contribution in [2.24, 2.45) is 22.7 Å². The van der Waals surface area contributed by atoms with Crippen LogP contribution in [0, 0.1) is 22.7 Å². The zero-order valence-electron chi connectivity index (χ0n) is 21.8. The van der Waals surface area contributed by atoms with Gasteiger partial charge in [-0.2, -0.15) is 0 Å². The third-order valence-corrected chi connectivity index (χ3v) is 9.37. The van der Waals surface area contributed by atoms with Gasteiger partial charge in [-0.3, -0.25) is 0 Å². The first-order valence-electron chi connectivity index (χ1n) is 13.6. The minimum Gasteiger partial charge on any atom is -0.350 e. The van der Waals surface area contributed by atoms with E-state index in [-0.39, 0.29) is 23.8 Å². The molecule has 2 saturated heterocycles. The highest BCUT2D eigenvalue weighted by Gasteiger charge is 2.46. The van der Waals surface area contributed by atoms with E-state index in [1.54, 1.807) is 0 Å². The number of hydrogen-bond donors (Lipinski definition) is 0. The van der Waals surface area contributed by atoms with Crippen LogP contribution in [0.5, 0.6) is 0 Å². The Balaban J connectivity index is 1.11. The molecule has 4 aliphatic rings. The topological polar surface area (TPSA) is 36.9 Å². The molecule has 4 rings (SSSR count). The Morgan fingerprint density at radius 2 is 0.875 bits per heavy atom. The highest BCUT2D eigenvalue weighted by Crippen LogP contribution is 2.49. The van der Waals surface area contributed by atoms with E-state index in [4.69, 9.17) is 18.9 Å². The molecule has 32 heavy (non-hydrogen) atoms. The molecule has 0 N–H and O–H groups in total. The molecule has 4 fully saturated rings. The van der Waals surface area contributed by atoms with Crippen LogP contribution in [0.3, 0.4) is 0 Å². The normalized spacial score (nSPS) is 41.1. The molecule has 2 spiro atoms. The Morgan fingerprint density at radius 1 is 0.562 bits per heavy atom. The van der Waals surface area contributed by atoms with Crippen LogP contribution in [0.2, 0.25) is 0 Å². The molecule has 2 saturated carbocycles. The van der Waals surface area contributed by atoms with E-state index in [1.807, 2.05) is 0 Å². The fraction of sp³-hybridized carbons (Fsp3) is 1.00. The van der Waals surface area contributed by atoms with Gasteiger partial charge in [-0.1, -0.05) is 41.5 Å². The second-order valence-corrected chi connectivity index (χ2v) is 13.6. The molecule has 0 unspecified atom stereocenters. The van der Waals surface area contributed by atoms with Crippen molar-refractivity contribution in [3.63, 3.8) is 0 Å². The predicted molar refractivity (Wildman–Crippen MR) is 128 cm³/mol. The van der Waals surface area contributed by atoms with Crippen LogP contribution in [-0.4, -0.2) is 37.0 Å². The van der Waals surface area contributed by atoms with Crippen molar-refractivity contribution in [1.29, 1.82) is 0 Å². The fourth-order valence-electron chi connectivity index (χ4n) is 6.90. The first-order valence-corrected chi connectivity index (χ1v) is 13.6. The Bertz CT molecular complexity index is 546. The van der Waals surface area contributed by atoms with Gasteiger partial charge >= 0.3 is 0 Å². The summed E-state index contributed by atoms with van der Waals surface area (Å²) in [6, 6.07) is 0. The van der Waals surface area contributed by atoms with E-state index in [0.717, 1.165) is 37.5 Å². The Morgan fingerprint density at radius 3 is 1.19 bits per heavy atom. The lowest BCUT2D eigenvalue weighted by atomic mass is 9.68. The molecule has 2 aliphatic carbocycles. The monoisotopic (exact) mass is 450 g/mol. The first-order chi connectivity index (χ1) is 15.0. The summed E-state index contributed by atoms with van der Waals surface area (Å²) < 4.78 is 25.0. The summed E-state index contributed by atoms with van der Waals surface area (Å²) in [6.45, 7) is 15.5. The average Bonchev–Trinajstić information content (AvgIpc) is 3.29. The van der Waals surface area contributed by atoms with Gasteiger partial charge in [0.2, 0.25) is 0 Å². The Kier molecular flexibility index (Phi) is 7.39. The SMILES string of the molecule is CC(C)(C)C1CCC2(CC1)CC[C@H](OCCO[C@H]1CCC3(CCC(C(C)(C)C)CC3)O1)O2. The quantitative estimate of drug-likeness (QED) is 0.414. The van der Waals surface area contributed by atoms with Crippen molar-refractivity contribution in [1.82, 2.24) is 0 Å². The van der Waals surface area contributed by atoms with Gasteiger partial charge < -0.3 is 18.9 Å². The molecule has 2 heterocycles. The van der Waals surface area contributed by atoms with Gasteiger partial charge in [-0.15, -0.1) is 0 Å². The van der Waals surface area contributed by atoms with E-state index < -0.39 is 0 Å². The Labute approximate surface area is 197 Å². The molecule has 4 nitrogen and oxygen atoms in total. The molecule has 0 radical (unpaired) electrons. The van der Waals surface area contributed by atoms with Crippen molar-refractivity contribution in [3.8, 4) is 0 Å². The molecule has 186 valence electrons. The number of rotatable bonds is 5. The lowest BCUT2D eigenvalue weighted by molar-refractivity contribution is -0.209. The molecule has 0 aromatic rings. The van der Waals surface area contributed by atoms with Crippen molar-refractivity contribution in [2.45, 2.75) is 142 Å². The van der Waals surface area contributed by atoms with Crippen LogP contribution in [0.1, 0.15) is 119 Å². The lowest BCUT2D eigenvalue weighted by Gasteiger charge is -2.42. The summed E-state index contributed by atoms with van der Waals surface area (Å²) >= 11 is 0. The van der Waals surface area contributed by atoms with Crippen molar-refractivity contribution < 1.29 is 18.9 Å². The third-order valence-electron chi connectivity index (χ3n) is 9.37. The van der Waals surface area contributed by atoms with E-state index in [0.29, 0.717) is 24.0 Å². The van der Waals surface area contributed by atoms with E-state index in [1.165, 1.54) is 51.4 Å². The van der Waals surface area contributed by atoms with Crippen LogP contribution in [0.25, 0.3) is 0 Å². The minimum atomic E-state index is -0.0479. The molecule has 2 atom stereocenters. The van der Waals surface area contributed by atoms with E-state index in [9.17, 15) is 0 Å². The first kappa shape index (κ1) is 24.9. The zero-order chi connectivity index (χ0) is 23.0. The summed E-state index contributed by atoms with van der Waals surface area (Å²) in [4.78, 5) is 0. The Hall–Kier alpha value is -0.160. The molecule has 2 aliphatic heterocycles. The van der Waals surface area contributed by atoms with E-state index >= 15 is 0 Å². The predicted octanol–water partition coefficient (Wildman–Crippen LogP) is 7.24. The lowest BCUT2D eigenvalue weighted by Crippen LogP contribution is -2.38. The minimum absolute atomic E-state index is 0.0479. The summed E-state index contributed by atoms with van der Waals surface area (Å²) in [5.41, 5.74) is 1.00. The van der Waals surface area contributed by atoms with Gasteiger partial charge in [0.25, 0.3) is 0 Å². The zero-order valence-corrected chi connectivity index (χ0v) is 21.8. The number of ether oxygens (including phenoxy) is 4. The molecule has 0 amide bonds. The van der Waals surface area contributed by atoms with Crippen LogP contribution >= 0.6 is 0 Å². The van der Waals surface area contributed by atoms with Gasteiger partial charge in [0, 0.05) is 12.8 Å². The van der Waals surface area contributed by atoms with Crippen LogP contribution < -0.4 is 0 Å². The van der Waals surface area contributed by atoms with E-state index in [2.05, 4.69) is 41.5 Å². The van der Waals surface area contributed by atoms with Gasteiger partial charge in [-0.25, -0.2) is 0 Å². The molecule has 0 bridgehead atoms. The standard InChI is InChI=1S/C28H50O4/c1-25(2,3)21-7-13-27(14-8-21)17-11-23(31-27)29-19-20-30-24-12-18-28(32-24)15-9-22(10-16-28)26(4,5)6/h21-24H,7-20H2,1-6H3/t21?,22?,23-,24-,27?,28?/m1/s1. The van der Waals surface area contributed by atoms with Crippen LogP contribution in [-0.2, 0) is 18.9 Å². The average molecular weight is 451 g/mol. The summed E-state index contributed by atoms with van der Waals surface area (Å²) in [6.07, 6.45) is 14.2. The molecule has 4 heteroatoms. The molecular weight excluding hydrogens is 400 g/mol. The van der Waals surface area contributed by atoms with Crippen molar-refractivity contribution in [2.75, 3.05) is 13.2 Å².